The first-order chi connectivity index (χ1) is 14.1. The normalized spacial score (nSPS) is 11.5. The molecule has 3 aromatic rings. The standard InChI is InChI=1S/C20H15F3N2O4S/c1-30-15-7-5-14(6-8-15)24-11-16(18(27)28)17(26)25(19(24)29)10-12-3-2-4-13(9-12)20(21,22)23/h2-9,11H,10H2,1H3,(H,27,28). The van der Waals surface area contributed by atoms with E-state index in [2.05, 4.69) is 0 Å². The van der Waals surface area contributed by atoms with Crippen LogP contribution in [0.2, 0.25) is 0 Å². The fourth-order valence-corrected chi connectivity index (χ4v) is 3.25. The molecule has 1 N–H and O–H groups in total. The van der Waals surface area contributed by atoms with Gasteiger partial charge in [-0.05, 0) is 48.2 Å². The molecule has 0 bridgehead atoms. The van der Waals surface area contributed by atoms with Gasteiger partial charge < -0.3 is 5.11 Å². The number of alkyl halides is 3. The minimum absolute atomic E-state index is 0.0378. The van der Waals surface area contributed by atoms with E-state index < -0.39 is 41.1 Å². The Bertz CT molecular complexity index is 1210. The zero-order valence-electron chi connectivity index (χ0n) is 15.5. The minimum Gasteiger partial charge on any atom is -0.477 e. The van der Waals surface area contributed by atoms with Crippen molar-refractivity contribution < 1.29 is 23.1 Å². The van der Waals surface area contributed by atoms with Gasteiger partial charge in [0.05, 0.1) is 17.8 Å². The lowest BCUT2D eigenvalue weighted by molar-refractivity contribution is -0.137. The second-order valence-electron chi connectivity index (χ2n) is 6.29. The largest absolute Gasteiger partial charge is 0.477 e. The smallest absolute Gasteiger partial charge is 0.416 e. The molecule has 30 heavy (non-hydrogen) atoms. The van der Waals surface area contributed by atoms with Gasteiger partial charge in [-0.2, -0.15) is 13.2 Å². The Balaban J connectivity index is 2.17. The molecule has 2 aromatic carbocycles. The van der Waals surface area contributed by atoms with Crippen LogP contribution in [0.15, 0.2) is 69.2 Å². The molecule has 0 atom stereocenters. The summed E-state index contributed by atoms with van der Waals surface area (Å²) in [5.74, 6) is -1.55. The summed E-state index contributed by atoms with van der Waals surface area (Å²) in [5.41, 5.74) is -3.21. The summed E-state index contributed by atoms with van der Waals surface area (Å²) in [4.78, 5) is 37.9. The number of hydrogen-bond acceptors (Lipinski definition) is 4. The fraction of sp³-hybridized carbons (Fsp3) is 0.150. The first kappa shape index (κ1) is 21.4. The van der Waals surface area contributed by atoms with E-state index in [9.17, 15) is 32.7 Å². The van der Waals surface area contributed by atoms with Crippen LogP contribution in [-0.4, -0.2) is 26.5 Å². The Morgan fingerprint density at radius 3 is 2.33 bits per heavy atom. The molecule has 6 nitrogen and oxygen atoms in total. The lowest BCUT2D eigenvalue weighted by atomic mass is 10.1. The first-order valence-corrected chi connectivity index (χ1v) is 9.74. The second-order valence-corrected chi connectivity index (χ2v) is 7.17. The van der Waals surface area contributed by atoms with Crippen molar-refractivity contribution in [3.05, 3.63) is 92.3 Å². The molecule has 3 rings (SSSR count). The molecule has 0 spiro atoms. The second kappa shape index (κ2) is 8.23. The van der Waals surface area contributed by atoms with Gasteiger partial charge in [-0.1, -0.05) is 12.1 Å². The lowest BCUT2D eigenvalue weighted by Gasteiger charge is -2.13. The Morgan fingerprint density at radius 1 is 1.10 bits per heavy atom. The van der Waals surface area contributed by atoms with E-state index in [0.717, 1.165) is 33.9 Å². The molecule has 10 heteroatoms. The molecule has 0 amide bonds. The summed E-state index contributed by atoms with van der Waals surface area (Å²) in [7, 11) is 0. The van der Waals surface area contributed by atoms with E-state index in [1.165, 1.54) is 17.8 Å². The molecule has 0 aliphatic carbocycles. The van der Waals surface area contributed by atoms with Crippen LogP contribution in [0, 0.1) is 0 Å². The van der Waals surface area contributed by atoms with Crippen molar-refractivity contribution in [2.45, 2.75) is 17.6 Å². The molecular formula is C20H15F3N2O4S. The first-order valence-electron chi connectivity index (χ1n) is 8.52. The summed E-state index contributed by atoms with van der Waals surface area (Å²) in [6.07, 6.45) is -1.81. The molecule has 0 saturated heterocycles. The Morgan fingerprint density at radius 2 is 1.77 bits per heavy atom. The van der Waals surface area contributed by atoms with Crippen LogP contribution in [0.1, 0.15) is 21.5 Å². The van der Waals surface area contributed by atoms with Gasteiger partial charge in [0.1, 0.15) is 5.56 Å². The van der Waals surface area contributed by atoms with Crippen LogP contribution in [-0.2, 0) is 12.7 Å². The van der Waals surface area contributed by atoms with E-state index in [0.29, 0.717) is 10.3 Å². The monoisotopic (exact) mass is 436 g/mol. The van der Waals surface area contributed by atoms with Crippen molar-refractivity contribution in [2.24, 2.45) is 0 Å². The molecule has 0 saturated carbocycles. The Kier molecular flexibility index (Phi) is 5.88. The zero-order chi connectivity index (χ0) is 22.1. The van der Waals surface area contributed by atoms with Gasteiger partial charge >= 0.3 is 17.8 Å². The number of nitrogens with zero attached hydrogens (tertiary/aromatic N) is 2. The van der Waals surface area contributed by atoms with Crippen LogP contribution in [0.25, 0.3) is 5.69 Å². The maximum atomic E-state index is 13.0. The number of aromatic nitrogens is 2. The molecule has 1 heterocycles. The van der Waals surface area contributed by atoms with Crippen LogP contribution in [0.4, 0.5) is 13.2 Å². The van der Waals surface area contributed by atoms with Crippen molar-refractivity contribution in [2.75, 3.05) is 6.26 Å². The highest BCUT2D eigenvalue weighted by Gasteiger charge is 2.30. The number of carboxylic acid groups (broad SMARTS) is 1. The molecule has 0 radical (unpaired) electrons. The number of aromatic carboxylic acids is 1. The highest BCUT2D eigenvalue weighted by atomic mass is 32.2. The van der Waals surface area contributed by atoms with Crippen LogP contribution >= 0.6 is 11.8 Å². The molecule has 156 valence electrons. The molecule has 0 aliphatic rings. The van der Waals surface area contributed by atoms with E-state index in [4.69, 9.17) is 0 Å². The highest BCUT2D eigenvalue weighted by Crippen LogP contribution is 2.29. The van der Waals surface area contributed by atoms with Crippen LogP contribution < -0.4 is 11.2 Å². The average Bonchev–Trinajstić information content (AvgIpc) is 2.71. The maximum absolute atomic E-state index is 13.0. The summed E-state index contributed by atoms with van der Waals surface area (Å²) in [6.45, 7) is -0.508. The van der Waals surface area contributed by atoms with E-state index in [1.807, 2.05) is 6.26 Å². The van der Waals surface area contributed by atoms with Gasteiger partial charge in [0.15, 0.2) is 0 Å². The average molecular weight is 436 g/mol. The summed E-state index contributed by atoms with van der Waals surface area (Å²) >= 11 is 1.47. The maximum Gasteiger partial charge on any atom is 0.416 e. The number of rotatable bonds is 5. The summed E-state index contributed by atoms with van der Waals surface area (Å²) < 4.78 is 40.5. The van der Waals surface area contributed by atoms with Crippen LogP contribution in [0.3, 0.4) is 0 Å². The quantitative estimate of drug-likeness (QED) is 0.620. The van der Waals surface area contributed by atoms with Crippen molar-refractivity contribution >= 4 is 17.7 Å². The van der Waals surface area contributed by atoms with Crippen molar-refractivity contribution in [1.29, 1.82) is 0 Å². The van der Waals surface area contributed by atoms with Gasteiger partial charge in [-0.3, -0.25) is 13.9 Å². The molecule has 0 fully saturated rings. The number of thioether (sulfide) groups is 1. The molecule has 0 aliphatic heterocycles. The van der Waals surface area contributed by atoms with Crippen molar-refractivity contribution in [3.63, 3.8) is 0 Å². The highest BCUT2D eigenvalue weighted by molar-refractivity contribution is 7.98. The molecule has 0 unspecified atom stereocenters. The molecule has 1 aromatic heterocycles. The number of carboxylic acids is 1. The topological polar surface area (TPSA) is 81.3 Å². The van der Waals surface area contributed by atoms with Gasteiger partial charge in [-0.25, -0.2) is 9.59 Å². The number of benzene rings is 2. The van der Waals surface area contributed by atoms with Gasteiger partial charge in [0.2, 0.25) is 0 Å². The molecular weight excluding hydrogens is 421 g/mol. The van der Waals surface area contributed by atoms with Gasteiger partial charge in [-0.15, -0.1) is 11.8 Å². The van der Waals surface area contributed by atoms with Crippen molar-refractivity contribution in [1.82, 2.24) is 9.13 Å². The Labute approximate surface area is 172 Å². The Hall–Kier alpha value is -3.27. The van der Waals surface area contributed by atoms with Crippen LogP contribution in [0.5, 0.6) is 0 Å². The number of carbonyl (C=O) groups is 1. The van der Waals surface area contributed by atoms with E-state index >= 15 is 0 Å². The SMILES string of the molecule is CSc1ccc(-n2cc(C(=O)O)c(=O)n(Cc3cccc(C(F)(F)F)c3)c2=O)cc1. The van der Waals surface area contributed by atoms with Gasteiger partial charge in [0, 0.05) is 11.1 Å². The zero-order valence-corrected chi connectivity index (χ0v) is 16.3. The summed E-state index contributed by atoms with van der Waals surface area (Å²) in [6, 6.07) is 10.8. The summed E-state index contributed by atoms with van der Waals surface area (Å²) in [5, 5.41) is 9.37. The third-order valence-electron chi connectivity index (χ3n) is 4.35. The predicted octanol–water partition coefficient (Wildman–Crippen LogP) is 3.49. The third kappa shape index (κ3) is 4.33. The number of halogens is 3. The van der Waals surface area contributed by atoms with Crippen molar-refractivity contribution in [3.8, 4) is 5.69 Å². The minimum atomic E-state index is -4.59. The third-order valence-corrected chi connectivity index (χ3v) is 5.09. The van der Waals surface area contributed by atoms with Gasteiger partial charge in [0.25, 0.3) is 5.56 Å². The van der Waals surface area contributed by atoms with E-state index in [-0.39, 0.29) is 5.56 Å². The fourth-order valence-electron chi connectivity index (χ4n) is 2.84. The number of hydrogen-bond donors (Lipinski definition) is 1. The van der Waals surface area contributed by atoms with E-state index in [1.54, 1.807) is 24.3 Å². The lowest BCUT2D eigenvalue weighted by Crippen LogP contribution is -2.42. The predicted molar refractivity (Wildman–Crippen MR) is 106 cm³/mol.